The van der Waals surface area contributed by atoms with Crippen molar-refractivity contribution in [2.45, 2.75) is 52.2 Å². The lowest BCUT2D eigenvalue weighted by atomic mass is 10.0. The van der Waals surface area contributed by atoms with E-state index in [0.717, 1.165) is 25.1 Å². The van der Waals surface area contributed by atoms with Crippen LogP contribution in [-0.4, -0.2) is 34.4 Å². The number of carbonyl (C=O) groups is 1. The highest BCUT2D eigenvalue weighted by Crippen LogP contribution is 2.15. The molecule has 1 aliphatic heterocycles. The minimum absolute atomic E-state index is 0.0604. The Hall–Kier alpha value is -1.36. The number of amides is 1. The molecule has 1 unspecified atom stereocenters. The van der Waals surface area contributed by atoms with Crippen molar-refractivity contribution in [3.63, 3.8) is 0 Å². The van der Waals surface area contributed by atoms with Crippen LogP contribution in [-0.2, 0) is 11.3 Å². The van der Waals surface area contributed by atoms with Gasteiger partial charge in [-0.1, -0.05) is 13.8 Å². The van der Waals surface area contributed by atoms with Crippen LogP contribution in [0.5, 0.6) is 0 Å². The highest BCUT2D eigenvalue weighted by Gasteiger charge is 2.29. The lowest BCUT2D eigenvalue weighted by Crippen LogP contribution is -2.52. The maximum atomic E-state index is 12.3. The molecule has 2 rings (SSSR count). The molecular formula is C13H21N3O2. The Balaban J connectivity index is 1.98. The van der Waals surface area contributed by atoms with Crippen molar-refractivity contribution < 1.29 is 9.21 Å². The third kappa shape index (κ3) is 3.10. The van der Waals surface area contributed by atoms with Gasteiger partial charge in [0.25, 0.3) is 0 Å². The van der Waals surface area contributed by atoms with Crippen LogP contribution in [0.15, 0.2) is 10.6 Å². The maximum Gasteiger partial charge on any atom is 0.240 e. The Kier molecular flexibility index (Phi) is 4.01. The summed E-state index contributed by atoms with van der Waals surface area (Å²) in [7, 11) is 0. The zero-order chi connectivity index (χ0) is 13.1. The van der Waals surface area contributed by atoms with Gasteiger partial charge in [0.2, 0.25) is 11.8 Å². The van der Waals surface area contributed by atoms with Gasteiger partial charge in [-0.25, -0.2) is 4.98 Å². The first-order valence-electron chi connectivity index (χ1n) is 6.52. The molecule has 1 N–H and O–H groups in total. The van der Waals surface area contributed by atoms with E-state index in [1.807, 2.05) is 11.8 Å². The van der Waals surface area contributed by atoms with Crippen LogP contribution in [0.4, 0.5) is 0 Å². The van der Waals surface area contributed by atoms with E-state index < -0.39 is 0 Å². The van der Waals surface area contributed by atoms with E-state index in [1.54, 1.807) is 6.20 Å². The van der Waals surface area contributed by atoms with Gasteiger partial charge >= 0.3 is 0 Å². The number of nitrogens with one attached hydrogen (secondary N) is 1. The summed E-state index contributed by atoms with van der Waals surface area (Å²) in [6.45, 7) is 7.24. The predicted octanol–water partition coefficient (Wildman–Crippen LogP) is 1.47. The van der Waals surface area contributed by atoms with Gasteiger partial charge in [-0.15, -0.1) is 0 Å². The van der Waals surface area contributed by atoms with E-state index in [9.17, 15) is 4.79 Å². The van der Waals surface area contributed by atoms with Crippen LogP contribution in [0.2, 0.25) is 0 Å². The summed E-state index contributed by atoms with van der Waals surface area (Å²) in [5.74, 6) is 1.56. The second-order valence-electron chi connectivity index (χ2n) is 5.14. The summed E-state index contributed by atoms with van der Waals surface area (Å²) in [6, 6.07) is 0.262. The average molecular weight is 251 g/mol. The predicted molar refractivity (Wildman–Crippen MR) is 68.0 cm³/mol. The van der Waals surface area contributed by atoms with E-state index >= 15 is 0 Å². The fourth-order valence-electron chi connectivity index (χ4n) is 2.29. The van der Waals surface area contributed by atoms with Crippen LogP contribution in [0.1, 0.15) is 38.3 Å². The zero-order valence-electron chi connectivity index (χ0n) is 11.3. The molecule has 1 saturated heterocycles. The topological polar surface area (TPSA) is 58.4 Å². The number of likely N-dealkylation sites (tertiary alicyclic amines) is 1. The van der Waals surface area contributed by atoms with Crippen molar-refractivity contribution in [3.05, 3.63) is 17.8 Å². The highest BCUT2D eigenvalue weighted by molar-refractivity contribution is 5.82. The summed E-state index contributed by atoms with van der Waals surface area (Å²) < 4.78 is 5.43. The van der Waals surface area contributed by atoms with Gasteiger partial charge in [-0.05, 0) is 19.8 Å². The molecular weight excluding hydrogens is 230 g/mol. The van der Waals surface area contributed by atoms with E-state index in [2.05, 4.69) is 24.1 Å². The van der Waals surface area contributed by atoms with Crippen LogP contribution >= 0.6 is 0 Å². The molecule has 18 heavy (non-hydrogen) atoms. The monoisotopic (exact) mass is 251 g/mol. The van der Waals surface area contributed by atoms with Crippen molar-refractivity contribution >= 4 is 5.91 Å². The quantitative estimate of drug-likeness (QED) is 0.880. The van der Waals surface area contributed by atoms with E-state index in [-0.39, 0.29) is 11.9 Å². The van der Waals surface area contributed by atoms with Crippen LogP contribution in [0, 0.1) is 6.92 Å². The molecule has 0 radical (unpaired) electrons. The molecule has 5 heteroatoms. The molecule has 0 aliphatic carbocycles. The zero-order valence-corrected chi connectivity index (χ0v) is 11.3. The number of aryl methyl sites for hydroxylation is 1. The third-order valence-electron chi connectivity index (χ3n) is 3.06. The van der Waals surface area contributed by atoms with Crippen molar-refractivity contribution in [2.24, 2.45) is 0 Å². The first kappa shape index (κ1) is 13.1. The molecule has 2 heterocycles. The second-order valence-corrected chi connectivity index (χ2v) is 5.14. The SMILES string of the molecule is Cc1cnc(CN2CCCC(NC(C)C)C2=O)o1. The van der Waals surface area contributed by atoms with Crippen LogP contribution in [0.25, 0.3) is 0 Å². The molecule has 1 aromatic rings. The minimum Gasteiger partial charge on any atom is -0.444 e. The van der Waals surface area contributed by atoms with Crippen LogP contribution in [0.3, 0.4) is 0 Å². The lowest BCUT2D eigenvalue weighted by molar-refractivity contribution is -0.137. The summed E-state index contributed by atoms with van der Waals surface area (Å²) in [4.78, 5) is 18.2. The summed E-state index contributed by atoms with van der Waals surface area (Å²) >= 11 is 0. The van der Waals surface area contributed by atoms with Gasteiger partial charge in [0.05, 0.1) is 18.8 Å². The normalized spacial score (nSPS) is 20.8. The molecule has 1 aliphatic rings. The van der Waals surface area contributed by atoms with E-state index in [4.69, 9.17) is 4.42 Å². The van der Waals surface area contributed by atoms with Gasteiger partial charge in [-0.2, -0.15) is 0 Å². The van der Waals surface area contributed by atoms with Gasteiger partial charge in [-0.3, -0.25) is 4.79 Å². The Morgan fingerprint density at radius 3 is 3.00 bits per heavy atom. The number of hydrogen-bond donors (Lipinski definition) is 1. The van der Waals surface area contributed by atoms with Gasteiger partial charge in [0.15, 0.2) is 0 Å². The van der Waals surface area contributed by atoms with Crippen molar-refractivity contribution in [3.8, 4) is 0 Å². The molecule has 1 amide bonds. The number of nitrogens with zero attached hydrogens (tertiary/aromatic N) is 2. The van der Waals surface area contributed by atoms with Crippen molar-refractivity contribution in [1.82, 2.24) is 15.2 Å². The molecule has 1 atom stereocenters. The van der Waals surface area contributed by atoms with Crippen LogP contribution < -0.4 is 5.32 Å². The summed E-state index contributed by atoms with van der Waals surface area (Å²) in [6.07, 6.45) is 3.63. The summed E-state index contributed by atoms with van der Waals surface area (Å²) in [5, 5.41) is 3.31. The molecule has 0 aromatic carbocycles. The van der Waals surface area contributed by atoms with Crippen molar-refractivity contribution in [1.29, 1.82) is 0 Å². The second kappa shape index (κ2) is 5.52. The number of carbonyl (C=O) groups excluding carboxylic acids is 1. The number of aromatic nitrogens is 1. The molecule has 0 bridgehead atoms. The molecule has 1 fully saturated rings. The Morgan fingerprint density at radius 2 is 2.39 bits per heavy atom. The maximum absolute atomic E-state index is 12.3. The average Bonchev–Trinajstić information content (AvgIpc) is 2.69. The molecule has 100 valence electrons. The number of oxazole rings is 1. The largest absolute Gasteiger partial charge is 0.444 e. The van der Waals surface area contributed by atoms with Crippen molar-refractivity contribution in [2.75, 3.05) is 6.54 Å². The molecule has 0 saturated carbocycles. The fourth-order valence-corrected chi connectivity index (χ4v) is 2.29. The van der Waals surface area contributed by atoms with Gasteiger partial charge in [0.1, 0.15) is 5.76 Å². The fraction of sp³-hybridized carbons (Fsp3) is 0.692. The number of hydrogen-bond acceptors (Lipinski definition) is 4. The molecule has 1 aromatic heterocycles. The summed E-state index contributed by atoms with van der Waals surface area (Å²) in [5.41, 5.74) is 0. The Morgan fingerprint density at radius 1 is 1.61 bits per heavy atom. The first-order valence-corrected chi connectivity index (χ1v) is 6.52. The molecule has 5 nitrogen and oxygen atoms in total. The van der Waals surface area contributed by atoms with Gasteiger partial charge < -0.3 is 14.6 Å². The first-order chi connectivity index (χ1) is 8.56. The third-order valence-corrected chi connectivity index (χ3v) is 3.06. The molecule has 0 spiro atoms. The lowest BCUT2D eigenvalue weighted by Gasteiger charge is -2.32. The number of rotatable bonds is 4. The van der Waals surface area contributed by atoms with E-state index in [0.29, 0.717) is 18.5 Å². The van der Waals surface area contributed by atoms with E-state index in [1.165, 1.54) is 0 Å². The van der Waals surface area contributed by atoms with Gasteiger partial charge in [0, 0.05) is 12.6 Å². The highest BCUT2D eigenvalue weighted by atomic mass is 16.4. The smallest absolute Gasteiger partial charge is 0.240 e. The Labute approximate surface area is 108 Å². The standard InChI is InChI=1S/C13H21N3O2/c1-9(2)15-11-5-4-6-16(13(11)17)8-12-14-7-10(3)18-12/h7,9,11,15H,4-6,8H2,1-3H3. The Bertz CT molecular complexity index is 414. The number of piperidine rings is 1. The minimum atomic E-state index is -0.0604.